The number of halogens is 2. The van der Waals surface area contributed by atoms with Crippen molar-refractivity contribution in [2.24, 2.45) is 0 Å². The van der Waals surface area contributed by atoms with E-state index >= 15 is 0 Å². The molecule has 1 aliphatic heterocycles. The third kappa shape index (κ3) is 1.67. The van der Waals surface area contributed by atoms with Gasteiger partial charge in [0.2, 0.25) is 0 Å². The summed E-state index contributed by atoms with van der Waals surface area (Å²) in [5, 5.41) is 3.45. The van der Waals surface area contributed by atoms with E-state index in [1.165, 1.54) is 12.3 Å². The van der Waals surface area contributed by atoms with Gasteiger partial charge in [0.25, 0.3) is 0 Å². The summed E-state index contributed by atoms with van der Waals surface area (Å²) in [6, 6.07) is 1.62. The van der Waals surface area contributed by atoms with Gasteiger partial charge in [0.15, 0.2) is 11.6 Å². The Balaban J connectivity index is 2.22. The molecule has 0 bridgehead atoms. The highest BCUT2D eigenvalue weighted by Gasteiger charge is 2.24. The summed E-state index contributed by atoms with van der Waals surface area (Å²) in [5.74, 6) is -0.00667. The van der Waals surface area contributed by atoms with Crippen molar-refractivity contribution in [1.82, 2.24) is 10.3 Å². The van der Waals surface area contributed by atoms with Crippen LogP contribution in [0.15, 0.2) is 12.3 Å². The molecule has 14 heavy (non-hydrogen) atoms. The standard InChI is InChI=1S/C9H11ClFN3/c1-14(7-4-12-5-7)9-8(11)2-6(10)3-13-9/h2-3,7,12H,4-5H2,1H3. The van der Waals surface area contributed by atoms with Crippen LogP contribution >= 0.6 is 11.6 Å². The lowest BCUT2D eigenvalue weighted by Crippen LogP contribution is -2.56. The van der Waals surface area contributed by atoms with Crippen molar-refractivity contribution in [3.05, 3.63) is 23.1 Å². The molecule has 0 atom stereocenters. The molecule has 1 N–H and O–H groups in total. The molecule has 0 amide bonds. The minimum atomic E-state index is -0.369. The summed E-state index contributed by atoms with van der Waals surface area (Å²) in [5.41, 5.74) is 0. The van der Waals surface area contributed by atoms with Gasteiger partial charge in [0, 0.05) is 26.3 Å². The Bertz CT molecular complexity index is 341. The molecule has 1 saturated heterocycles. The maximum Gasteiger partial charge on any atom is 0.167 e. The molecule has 76 valence electrons. The summed E-state index contributed by atoms with van der Waals surface area (Å²) in [4.78, 5) is 5.81. The van der Waals surface area contributed by atoms with Gasteiger partial charge in [-0.05, 0) is 6.07 Å². The number of anilines is 1. The Hall–Kier alpha value is -0.870. The Morgan fingerprint density at radius 2 is 2.36 bits per heavy atom. The molecular formula is C9H11ClFN3. The van der Waals surface area contributed by atoms with Crippen molar-refractivity contribution in [2.45, 2.75) is 6.04 Å². The predicted octanol–water partition coefficient (Wildman–Crippen LogP) is 1.28. The van der Waals surface area contributed by atoms with E-state index in [4.69, 9.17) is 11.6 Å². The highest BCUT2D eigenvalue weighted by molar-refractivity contribution is 6.30. The van der Waals surface area contributed by atoms with E-state index in [0.29, 0.717) is 16.9 Å². The third-order valence-corrected chi connectivity index (χ3v) is 2.64. The molecule has 0 saturated carbocycles. The van der Waals surface area contributed by atoms with Crippen molar-refractivity contribution in [1.29, 1.82) is 0 Å². The second-order valence-electron chi connectivity index (χ2n) is 3.38. The molecule has 0 radical (unpaired) electrons. The smallest absolute Gasteiger partial charge is 0.167 e. The first kappa shape index (κ1) is 9.68. The van der Waals surface area contributed by atoms with Gasteiger partial charge < -0.3 is 10.2 Å². The van der Waals surface area contributed by atoms with Crippen molar-refractivity contribution in [3.8, 4) is 0 Å². The van der Waals surface area contributed by atoms with Crippen LogP contribution in [0.4, 0.5) is 10.2 Å². The number of aromatic nitrogens is 1. The number of rotatable bonds is 2. The normalized spacial score (nSPS) is 16.5. The zero-order valence-corrected chi connectivity index (χ0v) is 8.55. The van der Waals surface area contributed by atoms with E-state index in [1.54, 1.807) is 0 Å². The average molecular weight is 216 g/mol. The maximum atomic E-state index is 13.4. The molecule has 0 unspecified atom stereocenters. The summed E-state index contributed by atoms with van der Waals surface area (Å²) in [7, 11) is 1.84. The van der Waals surface area contributed by atoms with Crippen LogP contribution in [0.1, 0.15) is 0 Å². The Labute approximate surface area is 86.9 Å². The van der Waals surface area contributed by atoms with Gasteiger partial charge in [-0.25, -0.2) is 9.37 Å². The largest absolute Gasteiger partial charge is 0.352 e. The molecule has 1 fully saturated rings. The first-order valence-corrected chi connectivity index (χ1v) is 4.81. The second kappa shape index (κ2) is 3.71. The zero-order valence-electron chi connectivity index (χ0n) is 7.80. The highest BCUT2D eigenvalue weighted by Crippen LogP contribution is 2.20. The fourth-order valence-electron chi connectivity index (χ4n) is 1.39. The lowest BCUT2D eigenvalue weighted by atomic mass is 10.1. The van der Waals surface area contributed by atoms with E-state index in [-0.39, 0.29) is 5.82 Å². The summed E-state index contributed by atoms with van der Waals surface area (Å²) < 4.78 is 13.4. The maximum absolute atomic E-state index is 13.4. The molecule has 2 heterocycles. The molecule has 5 heteroatoms. The molecule has 2 rings (SSSR count). The zero-order chi connectivity index (χ0) is 10.1. The van der Waals surface area contributed by atoms with Gasteiger partial charge in [-0.2, -0.15) is 0 Å². The number of hydrogen-bond acceptors (Lipinski definition) is 3. The lowest BCUT2D eigenvalue weighted by Gasteiger charge is -2.36. The number of hydrogen-bond donors (Lipinski definition) is 1. The van der Waals surface area contributed by atoms with E-state index < -0.39 is 0 Å². The first-order chi connectivity index (χ1) is 6.68. The number of likely N-dealkylation sites (N-methyl/N-ethyl adjacent to an activating group) is 1. The SMILES string of the molecule is CN(c1ncc(Cl)cc1F)C1CNC1. The van der Waals surface area contributed by atoms with Crippen LogP contribution in [0.2, 0.25) is 5.02 Å². The van der Waals surface area contributed by atoms with Crippen LogP contribution in [0.25, 0.3) is 0 Å². The quantitative estimate of drug-likeness (QED) is 0.806. The molecular weight excluding hydrogens is 205 g/mol. The van der Waals surface area contributed by atoms with Crippen LogP contribution in [0, 0.1) is 5.82 Å². The fourth-order valence-corrected chi connectivity index (χ4v) is 1.53. The predicted molar refractivity (Wildman–Crippen MR) is 54.3 cm³/mol. The summed E-state index contributed by atoms with van der Waals surface area (Å²) in [6.45, 7) is 1.75. The summed E-state index contributed by atoms with van der Waals surface area (Å²) in [6.07, 6.45) is 1.46. The number of pyridine rings is 1. The van der Waals surface area contributed by atoms with Crippen LogP contribution in [-0.4, -0.2) is 31.2 Å². The molecule has 0 aromatic carbocycles. The topological polar surface area (TPSA) is 28.2 Å². The molecule has 1 aromatic heterocycles. The third-order valence-electron chi connectivity index (χ3n) is 2.43. The van der Waals surface area contributed by atoms with E-state index in [9.17, 15) is 4.39 Å². The van der Waals surface area contributed by atoms with Crippen LogP contribution in [-0.2, 0) is 0 Å². The van der Waals surface area contributed by atoms with Gasteiger partial charge in [-0.1, -0.05) is 11.6 Å². The number of nitrogens with one attached hydrogen (secondary N) is 1. The van der Waals surface area contributed by atoms with Gasteiger partial charge in [-0.3, -0.25) is 0 Å². The lowest BCUT2D eigenvalue weighted by molar-refractivity contribution is 0.422. The van der Waals surface area contributed by atoms with Crippen molar-refractivity contribution < 1.29 is 4.39 Å². The van der Waals surface area contributed by atoms with Crippen LogP contribution in [0.3, 0.4) is 0 Å². The molecule has 1 aromatic rings. The minimum Gasteiger partial charge on any atom is -0.352 e. The number of nitrogens with zero attached hydrogens (tertiary/aromatic N) is 2. The van der Waals surface area contributed by atoms with Crippen molar-refractivity contribution in [2.75, 3.05) is 25.0 Å². The molecule has 3 nitrogen and oxygen atoms in total. The fraction of sp³-hybridized carbons (Fsp3) is 0.444. The Morgan fingerprint density at radius 1 is 1.64 bits per heavy atom. The van der Waals surface area contributed by atoms with Gasteiger partial charge >= 0.3 is 0 Å². The van der Waals surface area contributed by atoms with E-state index in [0.717, 1.165) is 13.1 Å². The average Bonchev–Trinajstić information content (AvgIpc) is 2.00. The van der Waals surface area contributed by atoms with Crippen LogP contribution in [0.5, 0.6) is 0 Å². The van der Waals surface area contributed by atoms with Gasteiger partial charge in [0.1, 0.15) is 0 Å². The van der Waals surface area contributed by atoms with Crippen molar-refractivity contribution >= 4 is 17.4 Å². The molecule has 1 aliphatic rings. The van der Waals surface area contributed by atoms with E-state index in [1.807, 2.05) is 11.9 Å². The van der Waals surface area contributed by atoms with Crippen molar-refractivity contribution in [3.63, 3.8) is 0 Å². The van der Waals surface area contributed by atoms with Crippen LogP contribution < -0.4 is 10.2 Å². The Kier molecular flexibility index (Phi) is 2.56. The summed E-state index contributed by atoms with van der Waals surface area (Å²) >= 11 is 5.62. The Morgan fingerprint density at radius 3 is 2.86 bits per heavy atom. The minimum absolute atomic E-state index is 0.325. The van der Waals surface area contributed by atoms with Gasteiger partial charge in [0.05, 0.1) is 11.1 Å². The molecule has 0 aliphatic carbocycles. The van der Waals surface area contributed by atoms with E-state index in [2.05, 4.69) is 10.3 Å². The highest BCUT2D eigenvalue weighted by atomic mass is 35.5. The monoisotopic (exact) mass is 215 g/mol. The first-order valence-electron chi connectivity index (χ1n) is 4.43. The van der Waals surface area contributed by atoms with Gasteiger partial charge in [-0.15, -0.1) is 0 Å². The second-order valence-corrected chi connectivity index (χ2v) is 3.82. The molecule has 0 spiro atoms.